The number of carbonyl (C=O) groups excluding carboxylic acids is 2. The Morgan fingerprint density at radius 1 is 1.28 bits per heavy atom. The molecule has 2 aromatic rings. The predicted molar refractivity (Wildman–Crippen MR) is 99.4 cm³/mol. The molecule has 134 valence electrons. The molecule has 1 aromatic carbocycles. The summed E-state index contributed by atoms with van der Waals surface area (Å²) >= 11 is 1.40. The van der Waals surface area contributed by atoms with E-state index in [1.807, 2.05) is 6.92 Å². The monoisotopic (exact) mass is 362 g/mol. The van der Waals surface area contributed by atoms with Crippen LogP contribution in [-0.4, -0.2) is 36.6 Å². The van der Waals surface area contributed by atoms with Gasteiger partial charge in [-0.25, -0.2) is 9.78 Å². The highest BCUT2D eigenvalue weighted by Gasteiger charge is 2.15. The fourth-order valence-electron chi connectivity index (χ4n) is 2.17. The van der Waals surface area contributed by atoms with E-state index in [-0.39, 0.29) is 12.5 Å². The summed E-state index contributed by atoms with van der Waals surface area (Å²) < 4.78 is 5.01. The topological polar surface area (TPSA) is 106 Å². The summed E-state index contributed by atoms with van der Waals surface area (Å²) in [6, 6.07) is 5.00. The number of benzene rings is 1. The number of thiazole rings is 1. The minimum atomic E-state index is -0.431. The van der Waals surface area contributed by atoms with Gasteiger partial charge in [0, 0.05) is 18.3 Å². The summed E-state index contributed by atoms with van der Waals surface area (Å²) in [5.74, 6) is -0.764. The molecular weight excluding hydrogens is 340 g/mol. The van der Waals surface area contributed by atoms with Crippen LogP contribution >= 0.6 is 11.3 Å². The zero-order valence-electron chi connectivity index (χ0n) is 14.3. The number of nitrogens with two attached hydrogens (primary N) is 1. The van der Waals surface area contributed by atoms with Gasteiger partial charge in [-0.3, -0.25) is 4.79 Å². The zero-order valence-corrected chi connectivity index (χ0v) is 15.1. The van der Waals surface area contributed by atoms with Crippen molar-refractivity contribution in [3.63, 3.8) is 0 Å². The van der Waals surface area contributed by atoms with Gasteiger partial charge in [0.05, 0.1) is 28.6 Å². The molecule has 0 aliphatic carbocycles. The molecule has 1 amide bonds. The Hall–Kier alpha value is -2.45. The highest BCUT2D eigenvalue weighted by atomic mass is 32.1. The van der Waals surface area contributed by atoms with Crippen LogP contribution in [-0.2, 0) is 11.2 Å². The number of hydrogen-bond acceptors (Lipinski definition) is 7. The molecule has 0 saturated carbocycles. The summed E-state index contributed by atoms with van der Waals surface area (Å²) in [5, 5.41) is 8.48. The lowest BCUT2D eigenvalue weighted by Gasteiger charge is -2.13. The van der Waals surface area contributed by atoms with Crippen molar-refractivity contribution in [1.29, 1.82) is 0 Å². The smallest absolute Gasteiger partial charge is 0.338 e. The molecule has 25 heavy (non-hydrogen) atoms. The summed E-state index contributed by atoms with van der Waals surface area (Å²) in [4.78, 5) is 28.6. The number of nitrogens with zero attached hydrogens (tertiary/aromatic N) is 1. The van der Waals surface area contributed by atoms with E-state index >= 15 is 0 Å². The Morgan fingerprint density at radius 3 is 2.76 bits per heavy atom. The Balaban J connectivity index is 2.23. The average molecular weight is 362 g/mol. The lowest BCUT2D eigenvalue weighted by atomic mass is 10.1. The standard InChI is InChI=1S/C17H22N4O3S/c1-3-19-12-6-5-11(17(23)24-4-2)9-13(12)21-16(22)14-10-25-15(20-14)7-8-18/h5-6,9-10,19H,3-4,7-8,18H2,1-2H3,(H,21,22). The first-order valence-electron chi connectivity index (χ1n) is 8.09. The number of ether oxygens (including phenoxy) is 1. The van der Waals surface area contributed by atoms with E-state index in [4.69, 9.17) is 10.5 Å². The van der Waals surface area contributed by atoms with Gasteiger partial charge in [0.1, 0.15) is 5.69 Å². The van der Waals surface area contributed by atoms with Gasteiger partial charge in [0.15, 0.2) is 0 Å². The normalized spacial score (nSPS) is 10.4. The molecule has 0 atom stereocenters. The van der Waals surface area contributed by atoms with Crippen LogP contribution in [0.15, 0.2) is 23.6 Å². The van der Waals surface area contributed by atoms with Gasteiger partial charge < -0.3 is 21.1 Å². The number of rotatable bonds is 8. The Labute approximate surface area is 150 Å². The van der Waals surface area contributed by atoms with Gasteiger partial charge in [-0.1, -0.05) is 0 Å². The lowest BCUT2D eigenvalue weighted by molar-refractivity contribution is 0.0526. The molecule has 0 bridgehead atoms. The van der Waals surface area contributed by atoms with Crippen LogP contribution in [0.4, 0.5) is 11.4 Å². The minimum absolute atomic E-state index is 0.290. The zero-order chi connectivity index (χ0) is 18.2. The van der Waals surface area contributed by atoms with E-state index < -0.39 is 5.97 Å². The number of hydrogen-bond donors (Lipinski definition) is 3. The fraction of sp³-hybridized carbons (Fsp3) is 0.353. The average Bonchev–Trinajstić information content (AvgIpc) is 3.06. The van der Waals surface area contributed by atoms with Gasteiger partial charge in [-0.15, -0.1) is 11.3 Å². The van der Waals surface area contributed by atoms with Crippen molar-refractivity contribution in [2.75, 3.05) is 30.3 Å². The van der Waals surface area contributed by atoms with Gasteiger partial charge >= 0.3 is 5.97 Å². The maximum absolute atomic E-state index is 12.5. The molecule has 0 spiro atoms. The van der Waals surface area contributed by atoms with E-state index in [1.54, 1.807) is 30.5 Å². The highest BCUT2D eigenvalue weighted by molar-refractivity contribution is 7.09. The largest absolute Gasteiger partial charge is 0.462 e. The van der Waals surface area contributed by atoms with Gasteiger partial charge in [-0.05, 0) is 38.6 Å². The van der Waals surface area contributed by atoms with Crippen LogP contribution in [0.25, 0.3) is 0 Å². The molecule has 1 aromatic heterocycles. The second-order valence-corrected chi connectivity index (χ2v) is 6.07. The van der Waals surface area contributed by atoms with Gasteiger partial charge in [0.2, 0.25) is 0 Å². The predicted octanol–water partition coefficient (Wildman–Crippen LogP) is 2.51. The molecule has 0 aliphatic rings. The summed E-state index contributed by atoms with van der Waals surface area (Å²) in [6.45, 7) is 5.15. The van der Waals surface area contributed by atoms with Crippen molar-refractivity contribution in [2.24, 2.45) is 5.73 Å². The molecule has 0 fully saturated rings. The Morgan fingerprint density at radius 2 is 2.08 bits per heavy atom. The van der Waals surface area contributed by atoms with Crippen LogP contribution in [0.3, 0.4) is 0 Å². The van der Waals surface area contributed by atoms with E-state index in [0.29, 0.717) is 36.5 Å². The van der Waals surface area contributed by atoms with Crippen LogP contribution in [0.2, 0.25) is 0 Å². The number of aromatic nitrogens is 1. The number of carbonyl (C=O) groups is 2. The van der Waals surface area contributed by atoms with Crippen LogP contribution < -0.4 is 16.4 Å². The van der Waals surface area contributed by atoms with Crippen LogP contribution in [0.5, 0.6) is 0 Å². The van der Waals surface area contributed by atoms with Crippen LogP contribution in [0.1, 0.15) is 39.7 Å². The molecule has 7 nitrogen and oxygen atoms in total. The van der Waals surface area contributed by atoms with E-state index in [1.165, 1.54) is 11.3 Å². The van der Waals surface area contributed by atoms with Crippen molar-refractivity contribution < 1.29 is 14.3 Å². The molecule has 0 radical (unpaired) electrons. The maximum atomic E-state index is 12.5. The Kier molecular flexibility index (Phi) is 6.91. The molecule has 1 heterocycles. The molecule has 2 rings (SSSR count). The maximum Gasteiger partial charge on any atom is 0.338 e. The second-order valence-electron chi connectivity index (χ2n) is 5.13. The van der Waals surface area contributed by atoms with Crippen molar-refractivity contribution in [3.8, 4) is 0 Å². The summed E-state index contributed by atoms with van der Waals surface area (Å²) in [5.41, 5.74) is 7.44. The minimum Gasteiger partial charge on any atom is -0.462 e. The third-order valence-corrected chi connectivity index (χ3v) is 4.20. The first-order valence-corrected chi connectivity index (χ1v) is 8.97. The molecule has 0 aliphatic heterocycles. The quantitative estimate of drug-likeness (QED) is 0.623. The van der Waals surface area contributed by atoms with Gasteiger partial charge in [-0.2, -0.15) is 0 Å². The highest BCUT2D eigenvalue weighted by Crippen LogP contribution is 2.25. The van der Waals surface area contributed by atoms with Crippen molar-refractivity contribution in [1.82, 2.24) is 4.98 Å². The second kappa shape index (κ2) is 9.14. The molecule has 0 unspecified atom stereocenters. The third kappa shape index (κ3) is 5.01. The lowest BCUT2D eigenvalue weighted by Crippen LogP contribution is -2.15. The fourth-order valence-corrected chi connectivity index (χ4v) is 2.97. The van der Waals surface area contributed by atoms with Crippen molar-refractivity contribution >= 4 is 34.6 Å². The first-order chi connectivity index (χ1) is 12.1. The Bertz CT molecular complexity index is 745. The molecular formula is C17H22N4O3S. The SMILES string of the molecule is CCNc1ccc(C(=O)OCC)cc1NC(=O)c1csc(CCN)n1. The van der Waals surface area contributed by atoms with Crippen molar-refractivity contribution in [3.05, 3.63) is 39.8 Å². The van der Waals surface area contributed by atoms with Gasteiger partial charge in [0.25, 0.3) is 5.91 Å². The number of nitrogens with one attached hydrogen (secondary N) is 2. The van der Waals surface area contributed by atoms with Crippen LogP contribution in [0, 0.1) is 0 Å². The molecule has 0 saturated heterocycles. The summed E-state index contributed by atoms with van der Waals surface area (Å²) in [7, 11) is 0. The van der Waals surface area contributed by atoms with E-state index in [9.17, 15) is 9.59 Å². The molecule has 8 heteroatoms. The van der Waals surface area contributed by atoms with Crippen molar-refractivity contribution in [2.45, 2.75) is 20.3 Å². The number of amides is 1. The first kappa shape index (κ1) is 18.9. The number of anilines is 2. The van der Waals surface area contributed by atoms with E-state index in [0.717, 1.165) is 10.7 Å². The van der Waals surface area contributed by atoms with E-state index in [2.05, 4.69) is 15.6 Å². The summed E-state index contributed by atoms with van der Waals surface area (Å²) in [6.07, 6.45) is 0.638. The third-order valence-electron chi connectivity index (χ3n) is 3.29. The molecule has 4 N–H and O–H groups in total. The number of esters is 1.